The molecular weight excluding hydrogens is 322 g/mol. The van der Waals surface area contributed by atoms with E-state index < -0.39 is 0 Å². The Morgan fingerprint density at radius 2 is 2.38 bits per heavy atom. The molecule has 5 nitrogen and oxygen atoms in total. The van der Waals surface area contributed by atoms with Gasteiger partial charge in [0.15, 0.2) is 0 Å². The SMILES string of the molecule is Cn1cccc1C(=O)N[C@@H]1CN(Cc2ccsc2)[C@H]2CCCO[C@@H]12. The first-order chi connectivity index (χ1) is 11.7. The highest BCUT2D eigenvalue weighted by Gasteiger charge is 2.44. The monoisotopic (exact) mass is 345 g/mol. The molecule has 1 N–H and O–H groups in total. The van der Waals surface area contributed by atoms with Crippen LogP contribution < -0.4 is 5.32 Å². The summed E-state index contributed by atoms with van der Waals surface area (Å²) in [4.78, 5) is 15.1. The molecule has 24 heavy (non-hydrogen) atoms. The molecule has 0 aromatic carbocycles. The average molecular weight is 345 g/mol. The molecule has 0 saturated carbocycles. The molecule has 2 saturated heterocycles. The molecule has 0 aliphatic carbocycles. The number of likely N-dealkylation sites (tertiary alicyclic amines) is 1. The maximum atomic E-state index is 12.6. The van der Waals surface area contributed by atoms with Gasteiger partial charge in [0.2, 0.25) is 0 Å². The first-order valence-corrected chi connectivity index (χ1v) is 9.45. The minimum absolute atomic E-state index is 0.0159. The summed E-state index contributed by atoms with van der Waals surface area (Å²) in [6.45, 7) is 2.58. The zero-order chi connectivity index (χ0) is 16.5. The molecule has 4 rings (SSSR count). The van der Waals surface area contributed by atoms with Crippen LogP contribution in [0.15, 0.2) is 35.2 Å². The normalized spacial score (nSPS) is 27.1. The van der Waals surface area contributed by atoms with Crippen LogP contribution in [0.25, 0.3) is 0 Å². The van der Waals surface area contributed by atoms with Gasteiger partial charge in [-0.1, -0.05) is 0 Å². The van der Waals surface area contributed by atoms with Gasteiger partial charge in [-0.2, -0.15) is 11.3 Å². The van der Waals surface area contributed by atoms with Gasteiger partial charge in [-0.3, -0.25) is 9.69 Å². The molecule has 4 heterocycles. The number of carbonyl (C=O) groups is 1. The third-order valence-corrected chi connectivity index (χ3v) is 5.82. The van der Waals surface area contributed by atoms with Gasteiger partial charge < -0.3 is 14.6 Å². The fourth-order valence-corrected chi connectivity index (χ4v) is 4.58. The van der Waals surface area contributed by atoms with Crippen molar-refractivity contribution in [2.45, 2.75) is 37.6 Å². The molecule has 3 atom stereocenters. The number of thiophene rings is 1. The Morgan fingerprint density at radius 3 is 3.12 bits per heavy atom. The Hall–Kier alpha value is -1.63. The van der Waals surface area contributed by atoms with Crippen LogP contribution in [0.1, 0.15) is 28.9 Å². The van der Waals surface area contributed by atoms with E-state index in [0.717, 1.165) is 32.5 Å². The minimum Gasteiger partial charge on any atom is -0.374 e. The van der Waals surface area contributed by atoms with E-state index in [2.05, 4.69) is 27.0 Å². The number of carbonyl (C=O) groups excluding carboxylic acids is 1. The third-order valence-electron chi connectivity index (χ3n) is 5.09. The lowest BCUT2D eigenvalue weighted by atomic mass is 10.0. The second-order valence-corrected chi connectivity index (χ2v) is 7.47. The number of nitrogens with zero attached hydrogens (tertiary/aromatic N) is 2. The van der Waals surface area contributed by atoms with Crippen molar-refractivity contribution in [3.63, 3.8) is 0 Å². The first-order valence-electron chi connectivity index (χ1n) is 8.51. The minimum atomic E-state index is -0.0159. The molecular formula is C18H23N3O2S. The number of hydrogen-bond acceptors (Lipinski definition) is 4. The second kappa shape index (κ2) is 6.70. The highest BCUT2D eigenvalue weighted by Crippen LogP contribution is 2.30. The van der Waals surface area contributed by atoms with Crippen LogP contribution in [-0.2, 0) is 18.3 Å². The van der Waals surface area contributed by atoms with Crippen molar-refractivity contribution in [1.82, 2.24) is 14.8 Å². The molecule has 6 heteroatoms. The van der Waals surface area contributed by atoms with E-state index in [9.17, 15) is 4.79 Å². The summed E-state index contributed by atoms with van der Waals surface area (Å²) in [5.74, 6) is -0.0159. The van der Waals surface area contributed by atoms with Crippen LogP contribution in [-0.4, -0.2) is 46.7 Å². The van der Waals surface area contributed by atoms with Crippen LogP contribution in [0, 0.1) is 0 Å². The van der Waals surface area contributed by atoms with E-state index in [-0.39, 0.29) is 18.1 Å². The summed E-state index contributed by atoms with van der Waals surface area (Å²) < 4.78 is 7.91. The summed E-state index contributed by atoms with van der Waals surface area (Å²) in [6, 6.07) is 6.38. The number of aryl methyl sites for hydroxylation is 1. The Kier molecular flexibility index (Phi) is 4.43. The number of ether oxygens (including phenoxy) is 1. The standard InChI is InChI=1S/C18H23N3O2S/c1-20-7-2-4-16(20)18(22)19-14-11-21(10-13-6-9-24-12-13)15-5-3-8-23-17(14)15/h2,4,6-7,9,12,14-15,17H,3,5,8,10-11H2,1H3,(H,19,22)/t14-,15+,17+/m1/s1. The van der Waals surface area contributed by atoms with Crippen LogP contribution in [0.2, 0.25) is 0 Å². The summed E-state index contributed by atoms with van der Waals surface area (Å²) in [5, 5.41) is 7.53. The average Bonchev–Trinajstić information content (AvgIpc) is 3.30. The Bertz CT molecular complexity index is 697. The first kappa shape index (κ1) is 15.9. The largest absolute Gasteiger partial charge is 0.374 e. The van der Waals surface area contributed by atoms with E-state index in [1.807, 2.05) is 29.9 Å². The molecule has 2 aromatic rings. The van der Waals surface area contributed by atoms with Crippen molar-refractivity contribution in [3.8, 4) is 0 Å². The van der Waals surface area contributed by atoms with Gasteiger partial charge in [-0.15, -0.1) is 0 Å². The van der Waals surface area contributed by atoms with Crippen molar-refractivity contribution in [3.05, 3.63) is 46.4 Å². The fraction of sp³-hybridized carbons (Fsp3) is 0.500. The van der Waals surface area contributed by atoms with Gasteiger partial charge in [0, 0.05) is 39.0 Å². The third kappa shape index (κ3) is 3.01. The van der Waals surface area contributed by atoms with Gasteiger partial charge >= 0.3 is 0 Å². The molecule has 0 spiro atoms. The zero-order valence-electron chi connectivity index (χ0n) is 13.9. The van der Waals surface area contributed by atoms with E-state index in [0.29, 0.717) is 11.7 Å². The molecule has 0 bridgehead atoms. The van der Waals surface area contributed by atoms with E-state index in [1.165, 1.54) is 5.56 Å². The zero-order valence-corrected chi connectivity index (χ0v) is 14.7. The summed E-state index contributed by atoms with van der Waals surface area (Å²) in [5.41, 5.74) is 2.04. The predicted octanol–water partition coefficient (Wildman–Crippen LogP) is 2.25. The highest BCUT2D eigenvalue weighted by atomic mass is 32.1. The number of nitrogens with one attached hydrogen (secondary N) is 1. The van der Waals surface area contributed by atoms with Gasteiger partial charge in [0.25, 0.3) is 5.91 Å². The van der Waals surface area contributed by atoms with Crippen LogP contribution >= 0.6 is 11.3 Å². The van der Waals surface area contributed by atoms with Crippen LogP contribution in [0.5, 0.6) is 0 Å². The molecule has 2 aliphatic heterocycles. The highest BCUT2D eigenvalue weighted by molar-refractivity contribution is 7.07. The smallest absolute Gasteiger partial charge is 0.268 e. The van der Waals surface area contributed by atoms with Gasteiger partial charge in [-0.25, -0.2) is 0 Å². The Labute approximate surface area is 146 Å². The molecule has 0 radical (unpaired) electrons. The number of fused-ring (bicyclic) bond motifs is 1. The van der Waals surface area contributed by atoms with Gasteiger partial charge in [0.05, 0.1) is 12.1 Å². The molecule has 2 fully saturated rings. The predicted molar refractivity (Wildman–Crippen MR) is 94.2 cm³/mol. The van der Waals surface area contributed by atoms with Gasteiger partial charge in [0.1, 0.15) is 5.69 Å². The summed E-state index contributed by atoms with van der Waals surface area (Å²) >= 11 is 1.73. The summed E-state index contributed by atoms with van der Waals surface area (Å²) in [7, 11) is 1.90. The molecule has 128 valence electrons. The van der Waals surface area contributed by atoms with E-state index >= 15 is 0 Å². The maximum absolute atomic E-state index is 12.6. The fourth-order valence-electron chi connectivity index (χ4n) is 3.92. The van der Waals surface area contributed by atoms with E-state index in [1.54, 1.807) is 11.3 Å². The van der Waals surface area contributed by atoms with Crippen LogP contribution in [0.3, 0.4) is 0 Å². The van der Waals surface area contributed by atoms with Crippen molar-refractivity contribution in [1.29, 1.82) is 0 Å². The Morgan fingerprint density at radius 1 is 1.46 bits per heavy atom. The molecule has 2 aliphatic rings. The summed E-state index contributed by atoms with van der Waals surface area (Å²) in [6.07, 6.45) is 4.24. The Balaban J connectivity index is 1.48. The van der Waals surface area contributed by atoms with Crippen molar-refractivity contribution in [2.24, 2.45) is 7.05 Å². The van der Waals surface area contributed by atoms with Gasteiger partial charge in [-0.05, 0) is 47.4 Å². The van der Waals surface area contributed by atoms with E-state index in [4.69, 9.17) is 4.74 Å². The maximum Gasteiger partial charge on any atom is 0.268 e. The van der Waals surface area contributed by atoms with Crippen molar-refractivity contribution >= 4 is 17.2 Å². The number of rotatable bonds is 4. The molecule has 2 aromatic heterocycles. The molecule has 1 amide bonds. The topological polar surface area (TPSA) is 46.5 Å². The lowest BCUT2D eigenvalue weighted by Gasteiger charge is -2.32. The lowest BCUT2D eigenvalue weighted by Crippen LogP contribution is -2.47. The number of hydrogen-bond donors (Lipinski definition) is 1. The molecule has 0 unspecified atom stereocenters. The second-order valence-electron chi connectivity index (χ2n) is 6.69. The number of aromatic nitrogens is 1. The lowest BCUT2D eigenvalue weighted by molar-refractivity contribution is -0.0211. The number of amides is 1. The van der Waals surface area contributed by atoms with Crippen LogP contribution in [0.4, 0.5) is 0 Å². The quantitative estimate of drug-likeness (QED) is 0.924. The van der Waals surface area contributed by atoms with Crippen molar-refractivity contribution in [2.75, 3.05) is 13.2 Å². The van der Waals surface area contributed by atoms with Crippen molar-refractivity contribution < 1.29 is 9.53 Å².